The largest absolute Gasteiger partial charge is 0.417 e. The molecule has 1 amide bonds. The summed E-state index contributed by atoms with van der Waals surface area (Å²) in [4.78, 5) is 32.6. The van der Waals surface area contributed by atoms with Crippen LogP contribution in [0.25, 0.3) is 11.0 Å². The third-order valence-electron chi connectivity index (χ3n) is 9.25. The number of benzene rings is 1. The van der Waals surface area contributed by atoms with Crippen LogP contribution in [-0.2, 0) is 24.4 Å². The van der Waals surface area contributed by atoms with Gasteiger partial charge in [-0.1, -0.05) is 25.0 Å². The van der Waals surface area contributed by atoms with Crippen LogP contribution in [0.2, 0.25) is 0 Å². The van der Waals surface area contributed by atoms with Crippen LogP contribution in [0.1, 0.15) is 77.1 Å². The highest BCUT2D eigenvalue weighted by Crippen LogP contribution is 2.52. The van der Waals surface area contributed by atoms with Gasteiger partial charge >= 0.3 is 6.18 Å². The molecule has 1 saturated heterocycles. The number of nitriles is 1. The Morgan fingerprint density at radius 3 is 2.45 bits per heavy atom. The average Bonchev–Trinajstić information content (AvgIpc) is 3.64. The van der Waals surface area contributed by atoms with Crippen LogP contribution in [0, 0.1) is 29.1 Å². The van der Waals surface area contributed by atoms with Gasteiger partial charge in [0.2, 0.25) is 5.91 Å². The number of carbonyl (C=O) groups excluding carboxylic acids is 2. The number of piperidine rings is 1. The second-order valence-corrected chi connectivity index (χ2v) is 11.7. The maximum Gasteiger partial charge on any atom is 0.417 e. The lowest BCUT2D eigenvalue weighted by Crippen LogP contribution is -2.46. The van der Waals surface area contributed by atoms with Crippen LogP contribution >= 0.6 is 0 Å². The van der Waals surface area contributed by atoms with Crippen molar-refractivity contribution in [3.05, 3.63) is 64.5 Å². The molecule has 2 aliphatic carbocycles. The van der Waals surface area contributed by atoms with Crippen molar-refractivity contribution in [1.29, 1.82) is 5.26 Å². The zero-order chi connectivity index (χ0) is 28.2. The van der Waals surface area contributed by atoms with Crippen molar-refractivity contribution >= 4 is 22.7 Å². The molecular weight excluding hydrogens is 517 g/mol. The molecule has 3 aliphatic rings. The van der Waals surface area contributed by atoms with E-state index in [-0.39, 0.29) is 57.3 Å². The summed E-state index contributed by atoms with van der Waals surface area (Å²) in [5.74, 6) is -0.115. The summed E-state index contributed by atoms with van der Waals surface area (Å²) in [5.41, 5.74) is 0.363. The monoisotopic (exact) mass is 548 g/mol. The highest BCUT2D eigenvalue weighted by molar-refractivity contribution is 5.99. The Morgan fingerprint density at radius 2 is 1.80 bits per heavy atom. The second-order valence-electron chi connectivity index (χ2n) is 11.7. The van der Waals surface area contributed by atoms with Crippen molar-refractivity contribution in [3.8, 4) is 6.07 Å². The summed E-state index contributed by atoms with van der Waals surface area (Å²) in [6.07, 6.45) is 3.56. The van der Waals surface area contributed by atoms with E-state index in [1.807, 2.05) is 11.0 Å². The summed E-state index contributed by atoms with van der Waals surface area (Å²) >= 11 is 0. The van der Waals surface area contributed by atoms with Gasteiger partial charge in [0.05, 0.1) is 17.2 Å². The van der Waals surface area contributed by atoms with Gasteiger partial charge in [-0.05, 0) is 66.7 Å². The van der Waals surface area contributed by atoms with Crippen molar-refractivity contribution in [2.45, 2.75) is 57.0 Å². The Balaban J connectivity index is 1.38. The lowest BCUT2D eigenvalue weighted by atomic mass is 9.78. The van der Waals surface area contributed by atoms with Gasteiger partial charge in [0, 0.05) is 55.8 Å². The first kappa shape index (κ1) is 26.5. The molecule has 6 rings (SSSR count). The molecule has 1 unspecified atom stereocenters. The van der Waals surface area contributed by atoms with E-state index in [0.29, 0.717) is 18.7 Å². The van der Waals surface area contributed by atoms with Gasteiger partial charge in [0.25, 0.3) is 0 Å². The first-order valence-corrected chi connectivity index (χ1v) is 14.0. The maximum atomic E-state index is 14.8. The average molecular weight is 549 g/mol. The number of ketones is 1. The van der Waals surface area contributed by atoms with Crippen molar-refractivity contribution in [1.82, 2.24) is 14.5 Å². The third-order valence-corrected chi connectivity index (χ3v) is 9.25. The number of rotatable bonds is 5. The maximum absolute atomic E-state index is 14.8. The SMILES string of the molecule is Cn1cc(C2[C@@H]3CC[C@H]2CN(C(=O)C2CCCC2)C3)c2c(C(F)(F)F)c(CC(=O)c3cccc(C#N)c3)cnc21. The van der Waals surface area contributed by atoms with Crippen molar-refractivity contribution in [2.24, 2.45) is 24.8 Å². The molecule has 208 valence electrons. The van der Waals surface area contributed by atoms with Gasteiger partial charge in [0.1, 0.15) is 5.65 Å². The van der Waals surface area contributed by atoms with Gasteiger partial charge in [-0.2, -0.15) is 18.4 Å². The summed E-state index contributed by atoms with van der Waals surface area (Å²) in [7, 11) is 1.71. The van der Waals surface area contributed by atoms with Gasteiger partial charge in [0.15, 0.2) is 5.78 Å². The smallest absolute Gasteiger partial charge is 0.342 e. The number of halogens is 3. The number of amides is 1. The van der Waals surface area contributed by atoms with E-state index in [1.165, 1.54) is 18.3 Å². The summed E-state index contributed by atoms with van der Waals surface area (Å²) in [6.45, 7) is 1.16. The first-order valence-electron chi connectivity index (χ1n) is 14.0. The Labute approximate surface area is 230 Å². The number of fused-ring (bicyclic) bond motifs is 3. The summed E-state index contributed by atoms with van der Waals surface area (Å²) < 4.78 is 46.1. The molecule has 2 aromatic heterocycles. The predicted octanol–water partition coefficient (Wildman–Crippen LogP) is 6.03. The minimum Gasteiger partial charge on any atom is -0.342 e. The van der Waals surface area contributed by atoms with Crippen LogP contribution in [0.5, 0.6) is 0 Å². The Kier molecular flexibility index (Phi) is 6.68. The van der Waals surface area contributed by atoms with E-state index >= 15 is 0 Å². The van der Waals surface area contributed by atoms with Crippen LogP contribution in [0.15, 0.2) is 36.7 Å². The van der Waals surface area contributed by atoms with Gasteiger partial charge in [-0.25, -0.2) is 4.98 Å². The van der Waals surface area contributed by atoms with Crippen LogP contribution in [0.3, 0.4) is 0 Å². The zero-order valence-electron chi connectivity index (χ0n) is 22.4. The molecule has 3 aromatic rings. The van der Waals surface area contributed by atoms with Crippen LogP contribution in [-0.4, -0.2) is 39.2 Å². The number of carbonyl (C=O) groups is 2. The number of aryl methyl sites for hydroxylation is 1. The Bertz CT molecular complexity index is 1520. The molecule has 2 bridgehead atoms. The molecule has 0 N–H and O–H groups in total. The number of hydrogen-bond acceptors (Lipinski definition) is 4. The number of likely N-dealkylation sites (tertiary alicyclic amines) is 1. The van der Waals surface area contributed by atoms with E-state index in [1.54, 1.807) is 29.9 Å². The van der Waals surface area contributed by atoms with Crippen molar-refractivity contribution in [3.63, 3.8) is 0 Å². The fourth-order valence-electron chi connectivity index (χ4n) is 7.50. The number of pyridine rings is 1. The van der Waals surface area contributed by atoms with Gasteiger partial charge in [-0.3, -0.25) is 9.59 Å². The van der Waals surface area contributed by atoms with Gasteiger partial charge in [-0.15, -0.1) is 0 Å². The van der Waals surface area contributed by atoms with Crippen LogP contribution in [0.4, 0.5) is 13.2 Å². The second kappa shape index (κ2) is 10.1. The molecule has 40 heavy (non-hydrogen) atoms. The van der Waals surface area contributed by atoms with E-state index in [0.717, 1.165) is 38.5 Å². The fraction of sp³-hybridized carbons (Fsp3) is 0.484. The predicted molar refractivity (Wildman–Crippen MR) is 142 cm³/mol. The number of Topliss-reactive ketones (excluding diaryl/α,β-unsaturated/α-hetero) is 1. The van der Waals surface area contributed by atoms with Gasteiger partial charge < -0.3 is 9.47 Å². The summed E-state index contributed by atoms with van der Waals surface area (Å²) in [6, 6.07) is 7.96. The van der Waals surface area contributed by atoms with E-state index in [2.05, 4.69) is 4.98 Å². The molecule has 0 spiro atoms. The lowest BCUT2D eigenvalue weighted by molar-refractivity contribution is -0.138. The highest BCUT2D eigenvalue weighted by atomic mass is 19.4. The Hall–Kier alpha value is -3.67. The molecule has 3 heterocycles. The molecule has 2 saturated carbocycles. The third kappa shape index (κ3) is 4.57. The standard InChI is InChI=1S/C31H31F3N4O2/c1-37-17-24(26-21-9-10-22(26)16-38(15-21)30(40)19-6-2-3-7-19)27-28(31(32,33)34)23(14-36-29(27)37)12-25(39)20-8-4-5-18(11-20)13-35/h4-5,8,11,14,17,19,21-22,26H,2-3,6-7,9-10,12,15-16H2,1H3/t21-,22+,26?. The summed E-state index contributed by atoms with van der Waals surface area (Å²) in [5, 5.41) is 9.24. The molecule has 9 heteroatoms. The van der Waals surface area contributed by atoms with Crippen molar-refractivity contribution in [2.75, 3.05) is 13.1 Å². The normalized spacial score (nSPS) is 23.1. The molecule has 1 aromatic carbocycles. The quantitative estimate of drug-likeness (QED) is 0.365. The minimum atomic E-state index is -4.69. The minimum absolute atomic E-state index is 0.0727. The molecule has 0 radical (unpaired) electrons. The molecule has 3 fully saturated rings. The van der Waals surface area contributed by atoms with E-state index in [4.69, 9.17) is 5.26 Å². The highest BCUT2D eigenvalue weighted by Gasteiger charge is 2.47. The number of aromatic nitrogens is 2. The van der Waals surface area contributed by atoms with Crippen molar-refractivity contribution < 1.29 is 22.8 Å². The molecular formula is C31H31F3N4O2. The topological polar surface area (TPSA) is 79.0 Å². The van der Waals surface area contributed by atoms with E-state index in [9.17, 15) is 22.8 Å². The first-order chi connectivity index (χ1) is 19.2. The Morgan fingerprint density at radius 1 is 1.10 bits per heavy atom. The number of hydrogen-bond donors (Lipinski definition) is 0. The fourth-order valence-corrected chi connectivity index (χ4v) is 7.50. The van der Waals surface area contributed by atoms with E-state index < -0.39 is 23.9 Å². The molecule has 3 atom stereocenters. The lowest BCUT2D eigenvalue weighted by Gasteiger charge is -2.39. The molecule has 1 aliphatic heterocycles. The number of nitrogens with zero attached hydrogens (tertiary/aromatic N) is 4. The molecule has 6 nitrogen and oxygen atoms in total. The number of alkyl halides is 3. The van der Waals surface area contributed by atoms with Crippen LogP contribution < -0.4 is 0 Å². The zero-order valence-corrected chi connectivity index (χ0v) is 22.4.